The molecule has 0 aliphatic carbocycles. The standard InChI is InChI=1S/C11H12O4.3C11H14O2.C10H13NO.C10H15N.2C9H11NO2/c1-6(2)7-4-3-5-8(10(12)13)9(7)11(14)15;1-8(2)9-4-6-10(7-5-9)11(12)13-3;1-8(2)9-5-4-6-10(7-9)11(12)13-3;1-8(2)9-6-4-5-7-10(9)11(12)13-3;1-7(2)8-5-3-4-6-9(8)10(11)12;1-7(2)9-4-5-10(11)8(3)6-9;1-6(2)8-5-7(9(11)12)3-4-10-8;1-6(2)7-3-4-10-8(5-7)9(11)12/h3-6H,1-2H3,(H,12,13)(H,14,15);3*4-8H,1-3H3;3-7H,1-2H3,(H2,11,12);4-7H,11H2,1-3H3;2*3-6H,1-2H3,(H,11,12). The number of carboxylic acids is 4. The molecule has 1 amide bonds. The fourth-order valence-electron chi connectivity index (χ4n) is 9.13. The Bertz CT molecular complexity index is 3900. The molecule has 0 fully saturated rings. The maximum atomic E-state index is 11.3. The molecule has 542 valence electrons. The van der Waals surface area contributed by atoms with Crippen molar-refractivity contribution in [3.05, 3.63) is 265 Å². The number of nitrogens with zero attached hydrogens (tertiary/aromatic N) is 2. The van der Waals surface area contributed by atoms with Gasteiger partial charge in [0.05, 0.1) is 54.7 Å². The number of amides is 1. The lowest BCUT2D eigenvalue weighted by atomic mass is 9.93. The molecule has 101 heavy (non-hydrogen) atoms. The molecule has 0 atom stereocenters. The number of benzene rings is 6. The minimum Gasteiger partial charge on any atom is -0.478 e. The van der Waals surface area contributed by atoms with Gasteiger partial charge in [0.25, 0.3) is 0 Å². The second-order valence-corrected chi connectivity index (χ2v) is 25.5. The second-order valence-electron chi connectivity index (χ2n) is 25.5. The van der Waals surface area contributed by atoms with Crippen LogP contribution in [0.3, 0.4) is 0 Å². The maximum absolute atomic E-state index is 11.3. The molecule has 19 nitrogen and oxygen atoms in total. The van der Waals surface area contributed by atoms with Crippen LogP contribution in [0.2, 0.25) is 0 Å². The summed E-state index contributed by atoms with van der Waals surface area (Å²) in [6, 6.07) is 47.2. The molecular weight excluding hydrogens is 1280 g/mol. The van der Waals surface area contributed by atoms with Crippen LogP contribution in [0.5, 0.6) is 0 Å². The number of aromatic carboxylic acids is 4. The van der Waals surface area contributed by atoms with Gasteiger partial charge >= 0.3 is 41.8 Å². The van der Waals surface area contributed by atoms with E-state index in [4.69, 9.17) is 31.9 Å². The van der Waals surface area contributed by atoms with Gasteiger partial charge in [-0.25, -0.2) is 38.5 Å². The molecule has 8 N–H and O–H groups in total. The number of nitrogens with two attached hydrogens (primary N) is 2. The number of esters is 3. The van der Waals surface area contributed by atoms with Crippen LogP contribution in [0.15, 0.2) is 170 Å². The number of carboxylic acid groups (broad SMARTS) is 4. The molecular formula is C82H104N4O15. The maximum Gasteiger partial charge on any atom is 0.354 e. The van der Waals surface area contributed by atoms with E-state index in [1.807, 2.05) is 141 Å². The summed E-state index contributed by atoms with van der Waals surface area (Å²) in [5, 5.41) is 35.1. The fraction of sp³-hybridized carbons (Fsp3) is 0.341. The summed E-state index contributed by atoms with van der Waals surface area (Å²) in [6.07, 6.45) is 3.05. The van der Waals surface area contributed by atoms with Crippen LogP contribution in [0.1, 0.15) is 291 Å². The fourth-order valence-corrected chi connectivity index (χ4v) is 9.13. The third kappa shape index (κ3) is 30.9. The molecule has 0 radical (unpaired) electrons. The van der Waals surface area contributed by atoms with E-state index in [0.29, 0.717) is 68.9 Å². The van der Waals surface area contributed by atoms with E-state index < -0.39 is 23.9 Å². The average molecular weight is 1390 g/mol. The van der Waals surface area contributed by atoms with Crippen LogP contribution < -0.4 is 11.5 Å². The Morgan fingerprint density at radius 1 is 0.356 bits per heavy atom. The smallest absolute Gasteiger partial charge is 0.354 e. The summed E-state index contributed by atoms with van der Waals surface area (Å²) < 4.78 is 13.9. The minimum atomic E-state index is -1.21. The third-order valence-electron chi connectivity index (χ3n) is 15.2. The molecule has 2 heterocycles. The number of carbonyl (C=O) groups excluding carboxylic acids is 4. The first-order valence-corrected chi connectivity index (χ1v) is 33.1. The van der Waals surface area contributed by atoms with Crippen molar-refractivity contribution in [1.29, 1.82) is 0 Å². The Balaban J connectivity index is 0.000000578. The number of hydrogen-bond donors (Lipinski definition) is 6. The van der Waals surface area contributed by atoms with Crippen molar-refractivity contribution in [2.75, 3.05) is 27.1 Å². The first-order valence-electron chi connectivity index (χ1n) is 33.1. The van der Waals surface area contributed by atoms with Crippen LogP contribution in [0, 0.1) is 6.92 Å². The van der Waals surface area contributed by atoms with Crippen molar-refractivity contribution < 1.29 is 73.0 Å². The predicted octanol–water partition coefficient (Wildman–Crippen LogP) is 18.4. The zero-order valence-corrected chi connectivity index (χ0v) is 62.1. The van der Waals surface area contributed by atoms with Gasteiger partial charge in [-0.05, 0) is 172 Å². The Kier molecular flexibility index (Phi) is 39.3. The van der Waals surface area contributed by atoms with Crippen LogP contribution in [-0.4, -0.2) is 99.4 Å². The molecule has 6 aromatic carbocycles. The van der Waals surface area contributed by atoms with Crippen molar-refractivity contribution in [2.45, 2.75) is 165 Å². The molecule has 0 aliphatic heterocycles. The van der Waals surface area contributed by atoms with Gasteiger partial charge in [0.2, 0.25) is 5.91 Å². The largest absolute Gasteiger partial charge is 0.478 e. The minimum absolute atomic E-state index is 0.0181. The molecule has 0 saturated carbocycles. The number of aromatic nitrogens is 2. The number of ether oxygens (including phenoxy) is 3. The summed E-state index contributed by atoms with van der Waals surface area (Å²) in [5.74, 6) is -2.66. The van der Waals surface area contributed by atoms with Gasteiger partial charge in [-0.2, -0.15) is 0 Å². The van der Waals surface area contributed by atoms with Gasteiger partial charge < -0.3 is 46.1 Å². The highest BCUT2D eigenvalue weighted by molar-refractivity contribution is 6.03. The topological polar surface area (TPSA) is 323 Å². The first-order chi connectivity index (χ1) is 47.4. The molecule has 0 saturated heterocycles. The van der Waals surface area contributed by atoms with Crippen molar-refractivity contribution in [3.8, 4) is 0 Å². The zero-order valence-electron chi connectivity index (χ0n) is 62.1. The van der Waals surface area contributed by atoms with Gasteiger partial charge in [-0.3, -0.25) is 9.78 Å². The summed E-state index contributed by atoms with van der Waals surface area (Å²) in [5.41, 5.74) is 23.8. The molecule has 8 aromatic rings. The molecule has 8 rings (SSSR count). The molecule has 2 aromatic heterocycles. The average Bonchev–Trinajstić information content (AvgIpc) is 0.816. The Hall–Kier alpha value is -10.8. The lowest BCUT2D eigenvalue weighted by molar-refractivity contribution is 0.0590. The SMILES string of the molecule is CC(C)c1cc(C(=O)O)ccn1.CC(C)c1cccc(C(=O)O)c1C(=O)O.CC(C)c1ccccc1C(N)=O.CC(C)c1ccnc(C(=O)O)c1.COC(=O)c1ccc(C(C)C)cc1.COC(=O)c1cccc(C(C)C)c1.COC(=O)c1ccccc1C(C)C.Cc1cc(C(C)C)ccc1N. The molecule has 0 aliphatic rings. The van der Waals surface area contributed by atoms with Crippen molar-refractivity contribution in [3.63, 3.8) is 0 Å². The van der Waals surface area contributed by atoms with Crippen molar-refractivity contribution in [2.24, 2.45) is 5.73 Å². The van der Waals surface area contributed by atoms with E-state index >= 15 is 0 Å². The second kappa shape index (κ2) is 45.0. The van der Waals surface area contributed by atoms with Gasteiger partial charge in [-0.15, -0.1) is 0 Å². The molecule has 0 unspecified atom stereocenters. The number of anilines is 1. The Morgan fingerprint density at radius 3 is 1.23 bits per heavy atom. The number of nitrogen functional groups attached to an aromatic ring is 1. The molecule has 19 heteroatoms. The third-order valence-corrected chi connectivity index (χ3v) is 15.2. The van der Waals surface area contributed by atoms with Crippen LogP contribution in [0.25, 0.3) is 0 Å². The van der Waals surface area contributed by atoms with E-state index in [9.17, 15) is 38.4 Å². The summed E-state index contributed by atoms with van der Waals surface area (Å²) in [4.78, 5) is 95.2. The lowest BCUT2D eigenvalue weighted by Gasteiger charge is -2.11. The van der Waals surface area contributed by atoms with Gasteiger partial charge in [0.1, 0.15) is 5.69 Å². The van der Waals surface area contributed by atoms with Gasteiger partial charge in [-0.1, -0.05) is 196 Å². The first kappa shape index (κ1) is 88.2. The van der Waals surface area contributed by atoms with Gasteiger partial charge in [0, 0.05) is 29.3 Å². The van der Waals surface area contributed by atoms with E-state index in [0.717, 1.165) is 33.6 Å². The van der Waals surface area contributed by atoms with E-state index in [-0.39, 0.29) is 52.5 Å². The van der Waals surface area contributed by atoms with Crippen LogP contribution >= 0.6 is 0 Å². The number of methoxy groups -OCH3 is 3. The van der Waals surface area contributed by atoms with Gasteiger partial charge in [0.15, 0.2) is 0 Å². The number of rotatable bonds is 16. The highest BCUT2D eigenvalue weighted by atomic mass is 16.5. The molecule has 0 bridgehead atoms. The van der Waals surface area contributed by atoms with Crippen molar-refractivity contribution in [1.82, 2.24) is 9.97 Å². The summed E-state index contributed by atoms with van der Waals surface area (Å²) in [7, 11) is 4.18. The highest BCUT2D eigenvalue weighted by Gasteiger charge is 2.21. The van der Waals surface area contributed by atoms with E-state index in [1.54, 1.807) is 54.6 Å². The number of pyridine rings is 2. The number of hydrogen-bond acceptors (Lipinski definition) is 14. The normalized spacial score (nSPS) is 10.3. The van der Waals surface area contributed by atoms with E-state index in [1.165, 1.54) is 62.5 Å². The monoisotopic (exact) mass is 1380 g/mol. The number of primary amides is 1. The number of carbonyl (C=O) groups is 8. The quantitative estimate of drug-likeness (QED) is 0.0297. The van der Waals surface area contributed by atoms with E-state index in [2.05, 4.69) is 91.7 Å². The Labute approximate surface area is 596 Å². The van der Waals surface area contributed by atoms with Crippen LogP contribution in [-0.2, 0) is 14.2 Å². The predicted molar refractivity (Wildman–Crippen MR) is 399 cm³/mol. The molecule has 0 spiro atoms. The van der Waals surface area contributed by atoms with Crippen LogP contribution in [0.4, 0.5) is 5.69 Å². The lowest BCUT2D eigenvalue weighted by Crippen LogP contribution is -2.14. The van der Waals surface area contributed by atoms with Crippen molar-refractivity contribution >= 4 is 53.4 Å². The highest BCUT2D eigenvalue weighted by Crippen LogP contribution is 2.25. The zero-order chi connectivity index (χ0) is 77.0. The summed E-state index contributed by atoms with van der Waals surface area (Å²) in [6.45, 7) is 34.7. The summed E-state index contributed by atoms with van der Waals surface area (Å²) >= 11 is 0. The Morgan fingerprint density at radius 2 is 0.792 bits per heavy atom. The number of aryl methyl sites for hydroxylation is 1.